The lowest BCUT2D eigenvalue weighted by molar-refractivity contribution is -0.117. The van der Waals surface area contributed by atoms with Crippen LogP contribution in [0.3, 0.4) is 0 Å². The average molecular weight is 436 g/mol. The zero-order chi connectivity index (χ0) is 24.9. The summed E-state index contributed by atoms with van der Waals surface area (Å²) in [5.74, 6) is -0.0390. The second kappa shape index (κ2) is 7.70. The van der Waals surface area contributed by atoms with Gasteiger partial charge in [-0.2, -0.15) is 0 Å². The molecule has 10 nitrogen and oxygen atoms in total. The Kier molecular flexibility index (Phi) is 4.05. The highest BCUT2D eigenvalue weighted by Gasteiger charge is 2.30. The fraction of sp³-hybridized carbons (Fsp3) is 0.364. The van der Waals surface area contributed by atoms with E-state index >= 15 is 0 Å². The van der Waals surface area contributed by atoms with Gasteiger partial charge in [0.2, 0.25) is 5.91 Å². The van der Waals surface area contributed by atoms with Crippen LogP contribution in [-0.4, -0.2) is 43.7 Å². The van der Waals surface area contributed by atoms with Crippen LogP contribution >= 0.6 is 0 Å². The van der Waals surface area contributed by atoms with Gasteiger partial charge in [0, 0.05) is 42.0 Å². The number of carbonyl (C=O) groups is 2. The molecule has 0 bridgehead atoms. The molecule has 4 heterocycles. The second-order valence-corrected chi connectivity index (χ2v) is 8.02. The number of aromatic nitrogens is 5. The molecule has 0 radical (unpaired) electrons. The van der Waals surface area contributed by atoms with Crippen molar-refractivity contribution < 1.29 is 13.7 Å². The second-order valence-electron chi connectivity index (χ2n) is 8.02. The molecule has 0 saturated heterocycles. The Hall–Kier alpha value is -3.82. The maximum atomic E-state index is 12.9. The van der Waals surface area contributed by atoms with Gasteiger partial charge in [-0.05, 0) is 25.8 Å². The zero-order valence-electron chi connectivity index (χ0n) is 20.7. The number of carbonyl (C=O) groups excluding carboxylic acids is 2. The van der Waals surface area contributed by atoms with Gasteiger partial charge in [-0.25, -0.2) is 14.6 Å². The van der Waals surface area contributed by atoms with E-state index in [4.69, 9.17) is 4.11 Å². The zero-order valence-corrected chi connectivity index (χ0v) is 17.7. The van der Waals surface area contributed by atoms with Crippen molar-refractivity contribution in [2.45, 2.75) is 39.6 Å². The van der Waals surface area contributed by atoms with Gasteiger partial charge in [0.15, 0.2) is 11.6 Å². The lowest BCUT2D eigenvalue weighted by Crippen LogP contribution is -2.27. The van der Waals surface area contributed by atoms with E-state index in [-0.39, 0.29) is 23.2 Å². The highest BCUT2D eigenvalue weighted by molar-refractivity contribution is 6.03. The summed E-state index contributed by atoms with van der Waals surface area (Å²) in [5, 5.41) is 14.4. The molecule has 2 N–H and O–H groups in total. The Morgan fingerprint density at radius 1 is 1.31 bits per heavy atom. The monoisotopic (exact) mass is 435 g/mol. The van der Waals surface area contributed by atoms with Crippen LogP contribution in [0.15, 0.2) is 24.5 Å². The van der Waals surface area contributed by atoms with Crippen LogP contribution in [0, 0.1) is 12.8 Å². The van der Waals surface area contributed by atoms with Gasteiger partial charge in [-0.1, -0.05) is 12.1 Å². The molecule has 0 atom stereocenters. The molecular formula is C22H24N8O2. The smallest absolute Gasteiger partial charge is 0.228 e. The molecule has 1 aliphatic carbocycles. The lowest BCUT2D eigenvalue weighted by Gasteiger charge is -2.29. The number of hydrogen-bond acceptors (Lipinski definition) is 8. The van der Waals surface area contributed by atoms with E-state index in [0.29, 0.717) is 18.1 Å². The Labute approximate surface area is 189 Å². The first-order chi connectivity index (χ1) is 16.6. The minimum Gasteiger partial charge on any atom is -0.364 e. The summed E-state index contributed by atoms with van der Waals surface area (Å²) in [7, 11) is 1.91. The van der Waals surface area contributed by atoms with Crippen molar-refractivity contribution in [3.63, 3.8) is 0 Å². The average Bonchev–Trinajstić information content (AvgIpc) is 3.57. The van der Waals surface area contributed by atoms with Gasteiger partial charge < -0.3 is 15.5 Å². The quantitative estimate of drug-likeness (QED) is 0.568. The molecule has 10 heteroatoms. The maximum absolute atomic E-state index is 12.9. The number of anilines is 4. The number of ketones is 1. The molecule has 1 amide bonds. The third-order valence-electron chi connectivity index (χ3n) is 5.67. The molecule has 3 aromatic heterocycles. The third-order valence-corrected chi connectivity index (χ3v) is 5.67. The van der Waals surface area contributed by atoms with Crippen molar-refractivity contribution in [1.29, 1.82) is 0 Å². The number of amides is 1. The van der Waals surface area contributed by atoms with E-state index in [1.54, 1.807) is 10.9 Å². The molecule has 0 unspecified atom stereocenters. The normalized spacial score (nSPS) is 16.3. The van der Waals surface area contributed by atoms with E-state index in [9.17, 15) is 9.59 Å². The van der Waals surface area contributed by atoms with Crippen molar-refractivity contribution >= 4 is 34.7 Å². The van der Waals surface area contributed by atoms with Gasteiger partial charge in [0.25, 0.3) is 0 Å². The SMILES string of the molecule is [2H]C([2H])([2H])CC(=O)c1cnc(NC(=O)C2CC2)cc1Nc1nccc2c1N(C)Cc1c(C)nnn1-2. The molecule has 5 rings (SSSR count). The van der Waals surface area contributed by atoms with Crippen LogP contribution in [0.1, 0.15) is 52.0 Å². The summed E-state index contributed by atoms with van der Waals surface area (Å²) in [4.78, 5) is 35.8. The van der Waals surface area contributed by atoms with Crippen molar-refractivity contribution in [3.05, 3.63) is 41.5 Å². The van der Waals surface area contributed by atoms with E-state index in [1.807, 2.05) is 24.9 Å². The number of Topliss-reactive ketones (excluding diaryl/α,β-unsaturated/α-hetero) is 1. The first-order valence-corrected chi connectivity index (χ1v) is 10.3. The minimum absolute atomic E-state index is 0.0260. The molecule has 3 aromatic rings. The van der Waals surface area contributed by atoms with E-state index in [0.717, 1.165) is 35.6 Å². The van der Waals surface area contributed by atoms with Gasteiger partial charge in [0.1, 0.15) is 11.5 Å². The van der Waals surface area contributed by atoms with Crippen LogP contribution < -0.4 is 15.5 Å². The fourth-order valence-electron chi connectivity index (χ4n) is 3.78. The van der Waals surface area contributed by atoms with E-state index in [2.05, 4.69) is 30.9 Å². The summed E-state index contributed by atoms with van der Waals surface area (Å²) in [6.07, 6.45) is 3.93. The van der Waals surface area contributed by atoms with E-state index < -0.39 is 19.1 Å². The van der Waals surface area contributed by atoms with Crippen LogP contribution in [-0.2, 0) is 11.3 Å². The first kappa shape index (κ1) is 16.8. The lowest BCUT2D eigenvalue weighted by atomic mass is 10.1. The summed E-state index contributed by atoms with van der Waals surface area (Å²) in [5.41, 5.74) is 3.69. The predicted octanol–water partition coefficient (Wildman–Crippen LogP) is 3.00. The number of nitrogens with zero attached hydrogens (tertiary/aromatic N) is 6. The van der Waals surface area contributed by atoms with Crippen molar-refractivity contribution in [2.75, 3.05) is 22.6 Å². The van der Waals surface area contributed by atoms with E-state index in [1.165, 1.54) is 12.3 Å². The van der Waals surface area contributed by atoms with Crippen molar-refractivity contribution in [2.24, 2.45) is 5.92 Å². The van der Waals surface area contributed by atoms with Gasteiger partial charge in [-0.15, -0.1) is 5.10 Å². The van der Waals surface area contributed by atoms with Gasteiger partial charge >= 0.3 is 0 Å². The summed E-state index contributed by atoms with van der Waals surface area (Å²) < 4.78 is 24.2. The molecule has 2 aliphatic rings. The molecular weight excluding hydrogens is 408 g/mol. The number of fused-ring (bicyclic) bond motifs is 3. The predicted molar refractivity (Wildman–Crippen MR) is 119 cm³/mol. The molecule has 1 fully saturated rings. The summed E-state index contributed by atoms with van der Waals surface area (Å²) >= 11 is 0. The van der Waals surface area contributed by atoms with Crippen molar-refractivity contribution in [3.8, 4) is 5.69 Å². The van der Waals surface area contributed by atoms with Crippen LogP contribution in [0.5, 0.6) is 0 Å². The number of nitrogens with one attached hydrogen (secondary N) is 2. The molecule has 164 valence electrons. The molecule has 1 saturated carbocycles. The fourth-order valence-corrected chi connectivity index (χ4v) is 3.78. The van der Waals surface area contributed by atoms with Gasteiger partial charge in [-0.3, -0.25) is 9.59 Å². The Bertz CT molecular complexity index is 1330. The standard InChI is InChI=1S/C22H24N8O2/c1-4-18(31)14-10-24-19(26-22(32)13-5-6-13)9-15(14)25-21-20-16(7-8-23-21)30-17(11-29(20)3)12(2)27-28-30/h7-10,13H,4-6,11H2,1-3H3,(H2,23,24,25,26,32)/i1D3. The minimum atomic E-state index is -2.43. The van der Waals surface area contributed by atoms with Crippen LogP contribution in [0.4, 0.5) is 23.0 Å². The van der Waals surface area contributed by atoms with Gasteiger partial charge in [0.05, 0.1) is 34.9 Å². The summed E-state index contributed by atoms with van der Waals surface area (Å²) in [6.45, 7) is 0.0182. The Morgan fingerprint density at radius 3 is 2.94 bits per heavy atom. The highest BCUT2D eigenvalue weighted by atomic mass is 16.2. The largest absolute Gasteiger partial charge is 0.364 e. The Morgan fingerprint density at radius 2 is 2.16 bits per heavy atom. The topological polar surface area (TPSA) is 118 Å². The summed E-state index contributed by atoms with van der Waals surface area (Å²) in [6, 6.07) is 3.35. The van der Waals surface area contributed by atoms with Crippen LogP contribution in [0.25, 0.3) is 5.69 Å². The number of aryl methyl sites for hydroxylation is 1. The maximum Gasteiger partial charge on any atom is 0.228 e. The van der Waals surface area contributed by atoms with Crippen LogP contribution in [0.2, 0.25) is 0 Å². The molecule has 0 spiro atoms. The Balaban J connectivity index is 1.54. The van der Waals surface area contributed by atoms with Crippen molar-refractivity contribution in [1.82, 2.24) is 25.0 Å². The molecule has 32 heavy (non-hydrogen) atoms. The third kappa shape index (κ3) is 3.47. The number of pyridine rings is 2. The number of rotatable bonds is 6. The first-order valence-electron chi connectivity index (χ1n) is 11.8. The number of hydrogen-bond donors (Lipinski definition) is 2. The molecule has 1 aliphatic heterocycles. The highest BCUT2D eigenvalue weighted by Crippen LogP contribution is 2.38. The molecule has 0 aromatic carbocycles.